The van der Waals surface area contributed by atoms with Crippen LogP contribution in [0.2, 0.25) is 0 Å². The lowest BCUT2D eigenvalue weighted by atomic mass is 9.85. The van der Waals surface area contributed by atoms with Gasteiger partial charge in [-0.25, -0.2) is 4.79 Å². The van der Waals surface area contributed by atoms with Crippen molar-refractivity contribution in [1.82, 2.24) is 0 Å². The minimum absolute atomic E-state index is 0.108. The van der Waals surface area contributed by atoms with Crippen LogP contribution in [0.15, 0.2) is 11.6 Å². The second-order valence-electron chi connectivity index (χ2n) is 5.87. The van der Waals surface area contributed by atoms with Gasteiger partial charge in [-0.3, -0.25) is 0 Å². The summed E-state index contributed by atoms with van der Waals surface area (Å²) in [5.74, 6) is -0.174. The zero-order valence-corrected chi connectivity index (χ0v) is 11.3. The lowest BCUT2D eigenvalue weighted by molar-refractivity contribution is -0.149. The van der Waals surface area contributed by atoms with Crippen molar-refractivity contribution in [3.63, 3.8) is 0 Å². The predicted molar refractivity (Wildman–Crippen MR) is 67.6 cm³/mol. The van der Waals surface area contributed by atoms with Crippen molar-refractivity contribution in [1.29, 1.82) is 0 Å². The molecule has 3 heteroatoms. The Morgan fingerprint density at radius 3 is 2.41 bits per heavy atom. The van der Waals surface area contributed by atoms with Crippen LogP contribution in [-0.4, -0.2) is 22.8 Å². The summed E-state index contributed by atoms with van der Waals surface area (Å²) in [5, 5.41) is 9.84. The van der Waals surface area contributed by atoms with Gasteiger partial charge in [-0.1, -0.05) is 18.9 Å². The molecule has 3 nitrogen and oxygen atoms in total. The second kappa shape index (κ2) is 5.67. The lowest BCUT2D eigenvalue weighted by Crippen LogP contribution is -2.26. The first-order valence-corrected chi connectivity index (χ1v) is 6.39. The molecule has 2 atom stereocenters. The number of carbonyl (C=O) groups excluding carboxylic acids is 1. The van der Waals surface area contributed by atoms with Crippen LogP contribution in [0.25, 0.3) is 0 Å². The van der Waals surface area contributed by atoms with Crippen LogP contribution in [0.3, 0.4) is 0 Å². The number of esters is 1. The zero-order chi connectivity index (χ0) is 13.1. The molecule has 0 aromatic carbocycles. The van der Waals surface area contributed by atoms with Gasteiger partial charge in [-0.05, 0) is 40.5 Å². The fourth-order valence-electron chi connectivity index (χ4n) is 2.08. The maximum Gasteiger partial charge on any atom is 0.333 e. The average molecular weight is 240 g/mol. The van der Waals surface area contributed by atoms with Crippen LogP contribution in [-0.2, 0) is 9.53 Å². The lowest BCUT2D eigenvalue weighted by Gasteiger charge is -2.26. The minimum atomic E-state index is -0.461. The van der Waals surface area contributed by atoms with Gasteiger partial charge >= 0.3 is 5.97 Å². The van der Waals surface area contributed by atoms with Crippen molar-refractivity contribution < 1.29 is 14.6 Å². The number of carbonyl (C=O) groups is 1. The molecule has 0 heterocycles. The molecule has 0 amide bonds. The van der Waals surface area contributed by atoms with Crippen LogP contribution in [0.1, 0.15) is 53.4 Å². The number of hydrogen-bond donors (Lipinski definition) is 1. The van der Waals surface area contributed by atoms with Gasteiger partial charge in [-0.2, -0.15) is 0 Å². The predicted octanol–water partition coefficient (Wildman–Crippen LogP) is 2.83. The average Bonchev–Trinajstić information content (AvgIpc) is 2.18. The molecule has 1 aliphatic rings. The summed E-state index contributed by atoms with van der Waals surface area (Å²) in [6.45, 7) is 7.32. The highest BCUT2D eigenvalue weighted by Crippen LogP contribution is 2.26. The van der Waals surface area contributed by atoms with Crippen LogP contribution in [0.4, 0.5) is 0 Å². The topological polar surface area (TPSA) is 46.5 Å². The maximum absolute atomic E-state index is 11.8. The minimum Gasteiger partial charge on any atom is -0.457 e. The van der Waals surface area contributed by atoms with Gasteiger partial charge in [0.2, 0.25) is 0 Å². The second-order valence-corrected chi connectivity index (χ2v) is 5.87. The molecule has 1 fully saturated rings. The molecular weight excluding hydrogens is 216 g/mol. The van der Waals surface area contributed by atoms with E-state index < -0.39 is 5.60 Å². The summed E-state index contributed by atoms with van der Waals surface area (Å²) in [4.78, 5) is 11.8. The van der Waals surface area contributed by atoms with Crippen LogP contribution in [0.5, 0.6) is 0 Å². The van der Waals surface area contributed by atoms with E-state index in [0.29, 0.717) is 5.57 Å². The first-order valence-electron chi connectivity index (χ1n) is 6.39. The van der Waals surface area contributed by atoms with E-state index >= 15 is 0 Å². The summed E-state index contributed by atoms with van der Waals surface area (Å²) < 4.78 is 5.29. The van der Waals surface area contributed by atoms with E-state index in [1.165, 1.54) is 0 Å². The molecule has 17 heavy (non-hydrogen) atoms. The summed E-state index contributed by atoms with van der Waals surface area (Å²) in [6, 6.07) is 0. The molecule has 0 aromatic rings. The molecule has 1 rings (SSSR count). The van der Waals surface area contributed by atoms with Crippen molar-refractivity contribution in [2.45, 2.75) is 65.1 Å². The molecule has 0 aliphatic heterocycles. The first kappa shape index (κ1) is 14.2. The van der Waals surface area contributed by atoms with Crippen molar-refractivity contribution in [3.8, 4) is 0 Å². The van der Waals surface area contributed by atoms with E-state index in [1.54, 1.807) is 6.92 Å². The quantitative estimate of drug-likeness (QED) is 0.596. The monoisotopic (exact) mass is 240 g/mol. The summed E-state index contributed by atoms with van der Waals surface area (Å²) in [5.41, 5.74) is 0.142. The van der Waals surface area contributed by atoms with E-state index in [0.717, 1.165) is 25.7 Å². The molecule has 0 saturated heterocycles. The number of aliphatic hydroxyl groups is 1. The largest absolute Gasteiger partial charge is 0.457 e. The Labute approximate surface area is 104 Å². The van der Waals surface area contributed by atoms with Crippen molar-refractivity contribution >= 4 is 5.97 Å². The number of ether oxygens (including phenoxy) is 1. The highest BCUT2D eigenvalue weighted by Gasteiger charge is 2.23. The SMILES string of the molecule is C/C(=C\C1CCCCC1O)C(=O)OC(C)(C)C. The van der Waals surface area contributed by atoms with Gasteiger partial charge in [0, 0.05) is 11.5 Å². The first-order chi connectivity index (χ1) is 7.79. The molecular formula is C14H24O3. The van der Waals surface area contributed by atoms with Gasteiger partial charge in [0.1, 0.15) is 5.60 Å². The van der Waals surface area contributed by atoms with Gasteiger partial charge in [0.25, 0.3) is 0 Å². The van der Waals surface area contributed by atoms with Crippen LogP contribution < -0.4 is 0 Å². The maximum atomic E-state index is 11.8. The molecule has 1 saturated carbocycles. The third kappa shape index (κ3) is 4.90. The highest BCUT2D eigenvalue weighted by atomic mass is 16.6. The number of rotatable bonds is 2. The van der Waals surface area contributed by atoms with E-state index in [4.69, 9.17) is 4.74 Å². The Bertz CT molecular complexity index is 299. The highest BCUT2D eigenvalue weighted by molar-refractivity contribution is 5.88. The van der Waals surface area contributed by atoms with Crippen molar-refractivity contribution in [2.24, 2.45) is 5.92 Å². The summed E-state index contributed by atoms with van der Waals surface area (Å²) in [6.07, 6.45) is 5.57. The summed E-state index contributed by atoms with van der Waals surface area (Å²) >= 11 is 0. The Morgan fingerprint density at radius 1 is 1.29 bits per heavy atom. The van der Waals surface area contributed by atoms with Gasteiger partial charge in [0.15, 0.2) is 0 Å². The van der Waals surface area contributed by atoms with Gasteiger partial charge < -0.3 is 9.84 Å². The fraction of sp³-hybridized carbons (Fsp3) is 0.786. The van der Waals surface area contributed by atoms with Gasteiger partial charge in [0.05, 0.1) is 6.10 Å². The fourth-order valence-corrected chi connectivity index (χ4v) is 2.08. The summed E-state index contributed by atoms with van der Waals surface area (Å²) in [7, 11) is 0. The molecule has 98 valence electrons. The number of aliphatic hydroxyl groups excluding tert-OH is 1. The standard InChI is InChI=1S/C14H24O3/c1-10(13(16)17-14(2,3)4)9-11-7-5-6-8-12(11)15/h9,11-12,15H,5-8H2,1-4H3/b10-9+. The Morgan fingerprint density at radius 2 is 1.88 bits per heavy atom. The number of hydrogen-bond acceptors (Lipinski definition) is 3. The van der Waals surface area contributed by atoms with E-state index in [-0.39, 0.29) is 18.0 Å². The Hall–Kier alpha value is -0.830. The van der Waals surface area contributed by atoms with Crippen LogP contribution >= 0.6 is 0 Å². The van der Waals surface area contributed by atoms with Crippen molar-refractivity contribution in [2.75, 3.05) is 0 Å². The molecule has 0 radical (unpaired) electrons. The smallest absolute Gasteiger partial charge is 0.333 e. The third-order valence-electron chi connectivity index (χ3n) is 2.97. The molecule has 0 aromatic heterocycles. The van der Waals surface area contributed by atoms with Gasteiger partial charge in [-0.15, -0.1) is 0 Å². The Kier molecular flexibility index (Phi) is 4.75. The van der Waals surface area contributed by atoms with E-state index in [9.17, 15) is 9.90 Å². The molecule has 0 spiro atoms. The normalized spacial score (nSPS) is 26.8. The molecule has 1 N–H and O–H groups in total. The van der Waals surface area contributed by atoms with Crippen LogP contribution in [0, 0.1) is 5.92 Å². The van der Waals surface area contributed by atoms with Crippen molar-refractivity contribution in [3.05, 3.63) is 11.6 Å². The Balaban J connectivity index is 2.61. The zero-order valence-electron chi connectivity index (χ0n) is 11.3. The molecule has 1 aliphatic carbocycles. The van der Waals surface area contributed by atoms with E-state index in [2.05, 4.69) is 0 Å². The molecule has 0 bridgehead atoms. The van der Waals surface area contributed by atoms with E-state index in [1.807, 2.05) is 26.8 Å². The third-order valence-corrected chi connectivity index (χ3v) is 2.97. The molecule has 2 unspecified atom stereocenters.